The average molecular weight is 248 g/mol. The lowest BCUT2D eigenvalue weighted by molar-refractivity contribution is 0.358. The third-order valence-electron chi connectivity index (χ3n) is 4.44. The minimum absolute atomic E-state index is 0.155. The molecule has 0 spiro atoms. The molecule has 1 N–H and O–H groups in total. The zero-order valence-electron chi connectivity index (χ0n) is 10.9. The first-order chi connectivity index (χ1) is 8.70. The highest BCUT2D eigenvalue weighted by atomic mass is 19.1. The normalized spacial score (nSPS) is 31.8. The van der Waals surface area contributed by atoms with E-state index in [9.17, 15) is 4.39 Å². The Labute approximate surface area is 108 Å². The molecule has 0 unspecified atom stereocenters. The first kappa shape index (κ1) is 12.1. The van der Waals surface area contributed by atoms with Crippen molar-refractivity contribution in [1.82, 2.24) is 10.2 Å². The monoisotopic (exact) mass is 248 g/mol. The average Bonchev–Trinajstić information content (AvgIpc) is 2.85. The molecule has 1 aromatic carbocycles. The Morgan fingerprint density at radius 2 is 1.78 bits per heavy atom. The number of halogens is 1. The topological polar surface area (TPSA) is 15.3 Å². The number of hydrogen-bond acceptors (Lipinski definition) is 2. The first-order valence-corrected chi connectivity index (χ1v) is 6.87. The molecular formula is C15H21FN2. The van der Waals surface area contributed by atoms with Crippen molar-refractivity contribution < 1.29 is 4.39 Å². The summed E-state index contributed by atoms with van der Waals surface area (Å²) >= 11 is 0. The van der Waals surface area contributed by atoms with E-state index in [4.69, 9.17) is 0 Å². The molecule has 2 aliphatic rings. The Hall–Kier alpha value is -0.930. The summed E-state index contributed by atoms with van der Waals surface area (Å²) in [5.74, 6) is 1.62. The SMILES string of the molecule is CN1C[C@H]2C[C@@H](NCc3ccc(F)cc3)C[C@H]2C1. The fraction of sp³-hybridized carbons (Fsp3) is 0.600. The summed E-state index contributed by atoms with van der Waals surface area (Å²) in [5, 5.41) is 3.62. The number of fused-ring (bicyclic) bond motifs is 1. The predicted molar refractivity (Wildman–Crippen MR) is 70.7 cm³/mol. The second kappa shape index (κ2) is 4.98. The Morgan fingerprint density at radius 1 is 1.17 bits per heavy atom. The van der Waals surface area contributed by atoms with Crippen LogP contribution in [-0.2, 0) is 6.54 Å². The van der Waals surface area contributed by atoms with Crippen LogP contribution in [0.4, 0.5) is 4.39 Å². The maximum Gasteiger partial charge on any atom is 0.123 e. The number of nitrogens with zero attached hydrogens (tertiary/aromatic N) is 1. The van der Waals surface area contributed by atoms with Gasteiger partial charge in [-0.15, -0.1) is 0 Å². The molecule has 1 saturated carbocycles. The largest absolute Gasteiger partial charge is 0.310 e. The van der Waals surface area contributed by atoms with Gasteiger partial charge in [0, 0.05) is 25.7 Å². The quantitative estimate of drug-likeness (QED) is 0.882. The van der Waals surface area contributed by atoms with Gasteiger partial charge in [0.05, 0.1) is 0 Å². The summed E-state index contributed by atoms with van der Waals surface area (Å²) in [6, 6.07) is 7.46. The molecule has 1 aliphatic heterocycles. The third-order valence-corrected chi connectivity index (χ3v) is 4.44. The number of benzene rings is 1. The molecule has 0 bridgehead atoms. The van der Waals surface area contributed by atoms with E-state index in [0.717, 1.165) is 18.4 Å². The van der Waals surface area contributed by atoms with Crippen molar-refractivity contribution in [2.75, 3.05) is 20.1 Å². The van der Waals surface area contributed by atoms with Crippen LogP contribution in [0.1, 0.15) is 18.4 Å². The van der Waals surface area contributed by atoms with Gasteiger partial charge in [-0.1, -0.05) is 12.1 Å². The fourth-order valence-corrected chi connectivity index (χ4v) is 3.57. The highest BCUT2D eigenvalue weighted by molar-refractivity contribution is 5.16. The van der Waals surface area contributed by atoms with Gasteiger partial charge in [0.1, 0.15) is 5.82 Å². The summed E-state index contributed by atoms with van der Waals surface area (Å²) < 4.78 is 12.8. The van der Waals surface area contributed by atoms with Crippen molar-refractivity contribution in [3.63, 3.8) is 0 Å². The van der Waals surface area contributed by atoms with Crippen LogP contribution < -0.4 is 5.32 Å². The predicted octanol–water partition coefficient (Wildman–Crippen LogP) is 2.26. The van der Waals surface area contributed by atoms with Crippen molar-refractivity contribution in [3.05, 3.63) is 35.6 Å². The fourth-order valence-electron chi connectivity index (χ4n) is 3.57. The molecule has 0 radical (unpaired) electrons. The van der Waals surface area contributed by atoms with Crippen LogP contribution in [0.5, 0.6) is 0 Å². The minimum atomic E-state index is -0.155. The van der Waals surface area contributed by atoms with Crippen molar-refractivity contribution in [1.29, 1.82) is 0 Å². The van der Waals surface area contributed by atoms with Crippen LogP contribution >= 0.6 is 0 Å². The molecule has 1 saturated heterocycles. The molecule has 0 amide bonds. The van der Waals surface area contributed by atoms with Gasteiger partial charge in [0.2, 0.25) is 0 Å². The van der Waals surface area contributed by atoms with E-state index in [2.05, 4.69) is 17.3 Å². The lowest BCUT2D eigenvalue weighted by Gasteiger charge is -2.16. The van der Waals surface area contributed by atoms with Crippen LogP contribution in [0.25, 0.3) is 0 Å². The summed E-state index contributed by atoms with van der Waals surface area (Å²) in [6.45, 7) is 3.39. The molecule has 2 nitrogen and oxygen atoms in total. The number of nitrogens with one attached hydrogen (secondary N) is 1. The lowest BCUT2D eigenvalue weighted by Crippen LogP contribution is -2.28. The van der Waals surface area contributed by atoms with Gasteiger partial charge in [-0.2, -0.15) is 0 Å². The summed E-state index contributed by atoms with van der Waals surface area (Å²) in [4.78, 5) is 2.45. The number of hydrogen-bond donors (Lipinski definition) is 1. The molecule has 18 heavy (non-hydrogen) atoms. The molecule has 1 aromatic rings. The van der Waals surface area contributed by atoms with Gasteiger partial charge in [0.15, 0.2) is 0 Å². The van der Waals surface area contributed by atoms with Gasteiger partial charge < -0.3 is 10.2 Å². The molecule has 98 valence electrons. The molecule has 1 heterocycles. The van der Waals surface area contributed by atoms with Crippen LogP contribution in [0.15, 0.2) is 24.3 Å². The van der Waals surface area contributed by atoms with E-state index in [0.29, 0.717) is 6.04 Å². The van der Waals surface area contributed by atoms with Crippen molar-refractivity contribution >= 4 is 0 Å². The standard InChI is InChI=1S/C15H21FN2/c1-18-9-12-6-15(7-13(12)10-18)17-8-11-2-4-14(16)5-3-11/h2-5,12-13,15,17H,6-10H2,1H3/t12-,13+,15-. The van der Waals surface area contributed by atoms with Crippen LogP contribution in [-0.4, -0.2) is 31.1 Å². The van der Waals surface area contributed by atoms with E-state index < -0.39 is 0 Å². The van der Waals surface area contributed by atoms with E-state index in [1.54, 1.807) is 0 Å². The van der Waals surface area contributed by atoms with Gasteiger partial charge in [-0.25, -0.2) is 4.39 Å². The second-order valence-electron chi connectivity index (χ2n) is 5.92. The zero-order chi connectivity index (χ0) is 12.5. The van der Waals surface area contributed by atoms with Crippen LogP contribution in [0.2, 0.25) is 0 Å². The van der Waals surface area contributed by atoms with Gasteiger partial charge in [-0.3, -0.25) is 0 Å². The maximum atomic E-state index is 12.8. The van der Waals surface area contributed by atoms with Crippen LogP contribution in [0.3, 0.4) is 0 Å². The summed E-state index contributed by atoms with van der Waals surface area (Å²) in [5.41, 5.74) is 1.17. The highest BCUT2D eigenvalue weighted by Gasteiger charge is 2.39. The van der Waals surface area contributed by atoms with E-state index >= 15 is 0 Å². The molecule has 2 fully saturated rings. The Kier molecular flexibility index (Phi) is 3.35. The third kappa shape index (κ3) is 2.57. The first-order valence-electron chi connectivity index (χ1n) is 6.87. The van der Waals surface area contributed by atoms with E-state index in [1.807, 2.05) is 12.1 Å². The maximum absolute atomic E-state index is 12.8. The molecule has 1 aliphatic carbocycles. The van der Waals surface area contributed by atoms with Crippen molar-refractivity contribution in [2.45, 2.75) is 25.4 Å². The smallest absolute Gasteiger partial charge is 0.123 e. The zero-order valence-corrected chi connectivity index (χ0v) is 10.9. The number of rotatable bonds is 3. The highest BCUT2D eigenvalue weighted by Crippen LogP contribution is 2.37. The Morgan fingerprint density at radius 3 is 2.39 bits per heavy atom. The summed E-state index contributed by atoms with van der Waals surface area (Å²) in [6.07, 6.45) is 2.60. The second-order valence-corrected chi connectivity index (χ2v) is 5.92. The lowest BCUT2D eigenvalue weighted by atomic mass is 10.0. The number of likely N-dealkylation sites (tertiary alicyclic amines) is 1. The molecule has 3 heteroatoms. The van der Waals surface area contributed by atoms with Gasteiger partial charge in [-0.05, 0) is 49.4 Å². The van der Waals surface area contributed by atoms with E-state index in [1.165, 1.54) is 43.6 Å². The summed E-state index contributed by atoms with van der Waals surface area (Å²) in [7, 11) is 2.22. The van der Waals surface area contributed by atoms with Gasteiger partial charge in [0.25, 0.3) is 0 Å². The Bertz CT molecular complexity index is 389. The molecule has 0 aromatic heterocycles. The van der Waals surface area contributed by atoms with Crippen molar-refractivity contribution in [2.24, 2.45) is 11.8 Å². The minimum Gasteiger partial charge on any atom is -0.310 e. The molecule has 3 atom stereocenters. The Balaban J connectivity index is 1.49. The molecule has 3 rings (SSSR count). The van der Waals surface area contributed by atoms with Crippen LogP contribution in [0, 0.1) is 17.7 Å². The van der Waals surface area contributed by atoms with Crippen molar-refractivity contribution in [3.8, 4) is 0 Å². The van der Waals surface area contributed by atoms with Gasteiger partial charge >= 0.3 is 0 Å². The van der Waals surface area contributed by atoms with E-state index in [-0.39, 0.29) is 5.82 Å². The molecular weight excluding hydrogens is 227 g/mol.